The Morgan fingerprint density at radius 1 is 1.31 bits per heavy atom. The van der Waals surface area contributed by atoms with Crippen molar-refractivity contribution in [2.45, 2.75) is 25.9 Å². The highest BCUT2D eigenvalue weighted by atomic mass is 16.2. The largest absolute Gasteiger partial charge is 0.347 e. The molecule has 88 valence electrons. The predicted octanol–water partition coefficient (Wildman–Crippen LogP) is 1.21. The Hall–Kier alpha value is -1.42. The summed E-state index contributed by atoms with van der Waals surface area (Å²) in [5.74, 6) is 0.0842. The molecule has 4 heteroatoms. The van der Waals surface area contributed by atoms with Gasteiger partial charge >= 0.3 is 0 Å². The van der Waals surface area contributed by atoms with Crippen LogP contribution in [0.2, 0.25) is 0 Å². The molecule has 1 aromatic heterocycles. The molecule has 1 unspecified atom stereocenters. The average Bonchev–Trinajstić information content (AvgIpc) is 2.28. The zero-order valence-electron chi connectivity index (χ0n) is 10.3. The van der Waals surface area contributed by atoms with Gasteiger partial charge in [-0.25, -0.2) is 0 Å². The van der Waals surface area contributed by atoms with E-state index in [1.165, 1.54) is 0 Å². The van der Waals surface area contributed by atoms with Crippen molar-refractivity contribution in [1.82, 2.24) is 15.2 Å². The minimum Gasteiger partial charge on any atom is -0.347 e. The quantitative estimate of drug-likeness (QED) is 0.831. The van der Waals surface area contributed by atoms with Crippen molar-refractivity contribution >= 4 is 5.91 Å². The molecule has 0 bridgehead atoms. The third kappa shape index (κ3) is 3.31. The number of aromatic nitrogens is 1. The van der Waals surface area contributed by atoms with E-state index in [2.05, 4.69) is 10.3 Å². The standard InChI is InChI=1S/C12H19N3O/c1-9(11-5-7-13-8-6-11)14-10(2)12(16)15(3)4/h5-10,14H,1-4H3/t9?,10-/m1/s1. The summed E-state index contributed by atoms with van der Waals surface area (Å²) in [5, 5.41) is 3.26. The summed E-state index contributed by atoms with van der Waals surface area (Å²) >= 11 is 0. The van der Waals surface area contributed by atoms with E-state index in [0.717, 1.165) is 5.56 Å². The van der Waals surface area contributed by atoms with Crippen LogP contribution in [0, 0.1) is 0 Å². The molecular weight excluding hydrogens is 202 g/mol. The first-order valence-electron chi connectivity index (χ1n) is 5.39. The van der Waals surface area contributed by atoms with Gasteiger partial charge in [0.1, 0.15) is 0 Å². The fraction of sp³-hybridized carbons (Fsp3) is 0.500. The maximum absolute atomic E-state index is 11.7. The van der Waals surface area contributed by atoms with Crippen molar-refractivity contribution in [3.05, 3.63) is 30.1 Å². The molecular formula is C12H19N3O. The van der Waals surface area contributed by atoms with Crippen LogP contribution in [0.3, 0.4) is 0 Å². The van der Waals surface area contributed by atoms with Gasteiger partial charge in [-0.1, -0.05) is 0 Å². The summed E-state index contributed by atoms with van der Waals surface area (Å²) in [7, 11) is 3.52. The number of hydrogen-bond donors (Lipinski definition) is 1. The number of amides is 1. The highest BCUT2D eigenvalue weighted by molar-refractivity contribution is 5.80. The minimum absolute atomic E-state index is 0.0842. The van der Waals surface area contributed by atoms with Crippen molar-refractivity contribution in [3.8, 4) is 0 Å². The summed E-state index contributed by atoms with van der Waals surface area (Å²) in [6.45, 7) is 3.91. The van der Waals surface area contributed by atoms with E-state index in [0.29, 0.717) is 0 Å². The van der Waals surface area contributed by atoms with Gasteiger partial charge in [0.05, 0.1) is 6.04 Å². The van der Waals surface area contributed by atoms with Gasteiger partial charge in [-0.15, -0.1) is 0 Å². The number of carbonyl (C=O) groups excluding carboxylic acids is 1. The van der Waals surface area contributed by atoms with Crippen LogP contribution in [0.1, 0.15) is 25.5 Å². The zero-order chi connectivity index (χ0) is 12.1. The number of nitrogens with zero attached hydrogens (tertiary/aromatic N) is 2. The van der Waals surface area contributed by atoms with Gasteiger partial charge in [0, 0.05) is 32.5 Å². The Morgan fingerprint density at radius 2 is 1.88 bits per heavy atom. The number of rotatable bonds is 4. The fourth-order valence-electron chi connectivity index (χ4n) is 1.58. The summed E-state index contributed by atoms with van der Waals surface area (Å²) in [4.78, 5) is 17.2. The van der Waals surface area contributed by atoms with E-state index in [1.807, 2.05) is 26.0 Å². The average molecular weight is 221 g/mol. The lowest BCUT2D eigenvalue weighted by atomic mass is 10.1. The first-order valence-corrected chi connectivity index (χ1v) is 5.39. The highest BCUT2D eigenvalue weighted by Crippen LogP contribution is 2.11. The van der Waals surface area contributed by atoms with E-state index in [9.17, 15) is 4.79 Å². The molecule has 2 atom stereocenters. The van der Waals surface area contributed by atoms with Gasteiger partial charge in [-0.2, -0.15) is 0 Å². The Kier molecular flexibility index (Phi) is 4.43. The number of carbonyl (C=O) groups is 1. The second-order valence-corrected chi connectivity index (χ2v) is 4.12. The lowest BCUT2D eigenvalue weighted by Crippen LogP contribution is -2.42. The molecule has 1 heterocycles. The summed E-state index contributed by atoms with van der Waals surface area (Å²) in [5.41, 5.74) is 1.13. The molecule has 0 aliphatic rings. The Bertz CT molecular complexity index is 337. The van der Waals surface area contributed by atoms with E-state index in [4.69, 9.17) is 0 Å². The molecule has 1 aromatic rings. The molecule has 0 fully saturated rings. The first kappa shape index (κ1) is 12.6. The summed E-state index contributed by atoms with van der Waals surface area (Å²) < 4.78 is 0. The monoisotopic (exact) mass is 221 g/mol. The van der Waals surface area contributed by atoms with Gasteiger partial charge in [0.2, 0.25) is 5.91 Å². The molecule has 1 amide bonds. The first-order chi connectivity index (χ1) is 7.52. The number of hydrogen-bond acceptors (Lipinski definition) is 3. The Morgan fingerprint density at radius 3 is 2.38 bits per heavy atom. The van der Waals surface area contributed by atoms with E-state index < -0.39 is 0 Å². The second kappa shape index (κ2) is 5.61. The van der Waals surface area contributed by atoms with Crippen LogP contribution in [-0.4, -0.2) is 35.9 Å². The van der Waals surface area contributed by atoms with Gasteiger partial charge in [0.25, 0.3) is 0 Å². The zero-order valence-corrected chi connectivity index (χ0v) is 10.3. The minimum atomic E-state index is -0.182. The lowest BCUT2D eigenvalue weighted by molar-refractivity contribution is -0.130. The SMILES string of the molecule is CC(N[C@H](C)C(=O)N(C)C)c1ccncc1. The number of nitrogens with one attached hydrogen (secondary N) is 1. The third-order valence-electron chi connectivity index (χ3n) is 2.52. The van der Waals surface area contributed by atoms with Crippen LogP contribution < -0.4 is 5.32 Å². The summed E-state index contributed by atoms with van der Waals surface area (Å²) in [6.07, 6.45) is 3.51. The van der Waals surface area contributed by atoms with Crippen LogP contribution >= 0.6 is 0 Å². The van der Waals surface area contributed by atoms with Crippen LogP contribution in [0.4, 0.5) is 0 Å². The maximum Gasteiger partial charge on any atom is 0.238 e. The second-order valence-electron chi connectivity index (χ2n) is 4.12. The van der Waals surface area contributed by atoms with Crippen molar-refractivity contribution in [2.75, 3.05) is 14.1 Å². The summed E-state index contributed by atoms with van der Waals surface area (Å²) in [6, 6.07) is 3.86. The smallest absolute Gasteiger partial charge is 0.238 e. The van der Waals surface area contributed by atoms with Crippen molar-refractivity contribution < 1.29 is 4.79 Å². The van der Waals surface area contributed by atoms with Crippen LogP contribution in [0.5, 0.6) is 0 Å². The van der Waals surface area contributed by atoms with Gasteiger partial charge in [0.15, 0.2) is 0 Å². The van der Waals surface area contributed by atoms with Crippen LogP contribution in [0.15, 0.2) is 24.5 Å². The maximum atomic E-state index is 11.7. The third-order valence-corrected chi connectivity index (χ3v) is 2.52. The lowest BCUT2D eigenvalue weighted by Gasteiger charge is -2.22. The topological polar surface area (TPSA) is 45.2 Å². The molecule has 1 rings (SSSR count). The van der Waals surface area contributed by atoms with Crippen molar-refractivity contribution in [2.24, 2.45) is 0 Å². The molecule has 0 saturated heterocycles. The molecule has 0 radical (unpaired) electrons. The molecule has 16 heavy (non-hydrogen) atoms. The molecule has 4 nitrogen and oxygen atoms in total. The van der Waals surface area contributed by atoms with E-state index >= 15 is 0 Å². The van der Waals surface area contributed by atoms with Gasteiger partial charge < -0.3 is 4.90 Å². The van der Waals surface area contributed by atoms with Gasteiger partial charge in [-0.3, -0.25) is 15.1 Å². The van der Waals surface area contributed by atoms with Crippen LogP contribution in [0.25, 0.3) is 0 Å². The molecule has 1 N–H and O–H groups in total. The number of pyridine rings is 1. The normalized spacial score (nSPS) is 14.2. The molecule has 0 spiro atoms. The van der Waals surface area contributed by atoms with E-state index in [-0.39, 0.29) is 18.0 Å². The van der Waals surface area contributed by atoms with Crippen LogP contribution in [-0.2, 0) is 4.79 Å². The Balaban J connectivity index is 2.58. The predicted molar refractivity (Wildman–Crippen MR) is 63.9 cm³/mol. The molecule has 0 aliphatic carbocycles. The van der Waals surface area contributed by atoms with Gasteiger partial charge in [-0.05, 0) is 31.5 Å². The van der Waals surface area contributed by atoms with Crippen molar-refractivity contribution in [3.63, 3.8) is 0 Å². The molecule has 0 aliphatic heterocycles. The van der Waals surface area contributed by atoms with Crippen molar-refractivity contribution in [1.29, 1.82) is 0 Å². The molecule has 0 aromatic carbocycles. The highest BCUT2D eigenvalue weighted by Gasteiger charge is 2.17. The Labute approximate surface area is 96.7 Å². The van der Waals surface area contributed by atoms with E-state index in [1.54, 1.807) is 31.4 Å². The molecule has 0 saturated carbocycles. The fourth-order valence-corrected chi connectivity index (χ4v) is 1.58. The number of likely N-dealkylation sites (N-methyl/N-ethyl adjacent to an activating group) is 1.